The van der Waals surface area contributed by atoms with E-state index >= 15 is 0 Å². The number of likely N-dealkylation sites (tertiary alicyclic amines) is 1. The van der Waals surface area contributed by atoms with Crippen molar-refractivity contribution in [2.45, 2.75) is 58.0 Å². The number of aromatic amines is 1. The number of carbonyl (C=O) groups excluding carboxylic acids is 2. The van der Waals surface area contributed by atoms with Crippen molar-refractivity contribution in [1.29, 1.82) is 0 Å². The van der Waals surface area contributed by atoms with E-state index in [0.717, 1.165) is 19.3 Å². The van der Waals surface area contributed by atoms with Gasteiger partial charge in [-0.2, -0.15) is 5.10 Å². The zero-order valence-corrected chi connectivity index (χ0v) is 15.3. The summed E-state index contributed by atoms with van der Waals surface area (Å²) < 4.78 is 4.81. The van der Waals surface area contributed by atoms with Gasteiger partial charge in [-0.15, -0.1) is 0 Å². The highest BCUT2D eigenvalue weighted by Crippen LogP contribution is 2.39. The molecule has 1 N–H and O–H groups in total. The van der Waals surface area contributed by atoms with Crippen LogP contribution in [0, 0.1) is 5.92 Å². The minimum atomic E-state index is -0.519. The molecule has 3 unspecified atom stereocenters. The first-order chi connectivity index (χ1) is 12.6. The number of carbonyl (C=O) groups is 2. The van der Waals surface area contributed by atoms with Crippen molar-refractivity contribution in [2.24, 2.45) is 11.1 Å². The van der Waals surface area contributed by atoms with Gasteiger partial charge in [0.25, 0.3) is 5.91 Å². The lowest BCUT2D eigenvalue weighted by Gasteiger charge is -2.33. The molecule has 1 aromatic rings. The number of H-pyrrole nitrogens is 1. The van der Waals surface area contributed by atoms with Crippen LogP contribution in [-0.4, -0.2) is 58.0 Å². The summed E-state index contributed by atoms with van der Waals surface area (Å²) in [7, 11) is 0. The van der Waals surface area contributed by atoms with Crippen LogP contribution in [0.1, 0.15) is 51.6 Å². The van der Waals surface area contributed by atoms with Gasteiger partial charge in [0.2, 0.25) is 6.61 Å². The molecule has 8 heteroatoms. The van der Waals surface area contributed by atoms with E-state index in [2.05, 4.69) is 22.3 Å². The van der Waals surface area contributed by atoms with Gasteiger partial charge in [0, 0.05) is 18.3 Å². The standard InChI is InChI=1S/C18H26N4O4/c1-3-25-16(23)11-26-21-17(14-8-9-19-20-14)18(24)22-12(2)10-13-6-4-5-7-15(13)22/h8-9,12-13,15H,3-7,10-11H2,1-2H3,(H,19,20)/b21-17+. The summed E-state index contributed by atoms with van der Waals surface area (Å²) in [5, 5.41) is 10.6. The third-order valence-electron chi connectivity index (χ3n) is 5.18. The van der Waals surface area contributed by atoms with Crippen molar-refractivity contribution in [3.8, 4) is 0 Å². The Balaban J connectivity index is 1.78. The molecule has 1 saturated heterocycles. The second kappa shape index (κ2) is 8.33. The van der Waals surface area contributed by atoms with Crippen LogP contribution in [0.3, 0.4) is 0 Å². The van der Waals surface area contributed by atoms with Gasteiger partial charge < -0.3 is 14.5 Å². The molecule has 0 radical (unpaired) electrons. The van der Waals surface area contributed by atoms with E-state index in [9.17, 15) is 9.59 Å². The summed E-state index contributed by atoms with van der Waals surface area (Å²) in [4.78, 5) is 31.8. The van der Waals surface area contributed by atoms with Gasteiger partial charge in [0.05, 0.1) is 12.3 Å². The largest absolute Gasteiger partial charge is 0.463 e. The van der Waals surface area contributed by atoms with Crippen molar-refractivity contribution < 1.29 is 19.2 Å². The third-order valence-corrected chi connectivity index (χ3v) is 5.18. The molecule has 1 amide bonds. The monoisotopic (exact) mass is 362 g/mol. The Hall–Kier alpha value is -2.38. The summed E-state index contributed by atoms with van der Waals surface area (Å²) in [6.07, 6.45) is 7.17. The summed E-state index contributed by atoms with van der Waals surface area (Å²) in [5.41, 5.74) is 0.621. The second-order valence-electron chi connectivity index (χ2n) is 6.90. The molecule has 3 rings (SSSR count). The lowest BCUT2D eigenvalue weighted by molar-refractivity contribution is -0.148. The molecule has 0 bridgehead atoms. The summed E-state index contributed by atoms with van der Waals surface area (Å²) in [5.74, 6) is -0.138. The number of fused-ring (bicyclic) bond motifs is 1. The number of amides is 1. The summed E-state index contributed by atoms with van der Waals surface area (Å²) >= 11 is 0. The Morgan fingerprint density at radius 1 is 1.38 bits per heavy atom. The highest BCUT2D eigenvalue weighted by molar-refractivity contribution is 6.44. The second-order valence-corrected chi connectivity index (χ2v) is 6.90. The zero-order valence-electron chi connectivity index (χ0n) is 15.3. The fraction of sp³-hybridized carbons (Fsp3) is 0.667. The summed E-state index contributed by atoms with van der Waals surface area (Å²) in [6, 6.07) is 2.09. The van der Waals surface area contributed by atoms with Crippen molar-refractivity contribution in [3.05, 3.63) is 18.0 Å². The van der Waals surface area contributed by atoms with Crippen molar-refractivity contribution in [2.75, 3.05) is 13.2 Å². The average molecular weight is 362 g/mol. The number of nitrogens with zero attached hydrogens (tertiary/aromatic N) is 3. The number of ether oxygens (including phenoxy) is 1. The molecule has 1 aliphatic carbocycles. The van der Waals surface area contributed by atoms with Crippen molar-refractivity contribution in [3.63, 3.8) is 0 Å². The van der Waals surface area contributed by atoms with Crippen LogP contribution in [0.15, 0.2) is 17.4 Å². The fourth-order valence-electron chi connectivity index (χ4n) is 4.12. The van der Waals surface area contributed by atoms with E-state index in [-0.39, 0.29) is 36.9 Å². The Labute approximate surface area is 152 Å². The summed E-state index contributed by atoms with van der Waals surface area (Å²) in [6.45, 7) is 3.74. The Morgan fingerprint density at radius 3 is 2.92 bits per heavy atom. The molecule has 1 aliphatic heterocycles. The highest BCUT2D eigenvalue weighted by atomic mass is 16.7. The molecule has 0 aromatic carbocycles. The average Bonchev–Trinajstić information content (AvgIpc) is 3.25. The number of hydrogen-bond acceptors (Lipinski definition) is 6. The van der Waals surface area contributed by atoms with Crippen LogP contribution < -0.4 is 0 Å². The molecule has 0 spiro atoms. The van der Waals surface area contributed by atoms with Crippen molar-refractivity contribution in [1.82, 2.24) is 15.1 Å². The van der Waals surface area contributed by atoms with E-state index in [1.165, 1.54) is 12.8 Å². The topological polar surface area (TPSA) is 96.9 Å². The van der Waals surface area contributed by atoms with Gasteiger partial charge in [-0.1, -0.05) is 18.0 Å². The fourth-order valence-corrected chi connectivity index (χ4v) is 4.12. The Morgan fingerprint density at radius 2 is 2.19 bits per heavy atom. The molecule has 2 fully saturated rings. The maximum Gasteiger partial charge on any atom is 0.347 e. The molecular weight excluding hydrogens is 336 g/mol. The van der Waals surface area contributed by atoms with Gasteiger partial charge in [0.15, 0.2) is 5.71 Å². The SMILES string of the molecule is CCOC(=O)CO/N=C(/C(=O)N1C(C)CC2CCCCC21)c1ccn[nH]1. The number of rotatable bonds is 6. The number of oxime groups is 1. The van der Waals surface area contributed by atoms with E-state index in [0.29, 0.717) is 11.6 Å². The zero-order chi connectivity index (χ0) is 18.5. The molecule has 1 saturated carbocycles. The first-order valence-corrected chi connectivity index (χ1v) is 9.29. The molecular formula is C18H26N4O4. The van der Waals surface area contributed by atoms with Crippen molar-refractivity contribution >= 4 is 17.6 Å². The van der Waals surface area contributed by atoms with Gasteiger partial charge in [-0.05, 0) is 45.1 Å². The number of aromatic nitrogens is 2. The molecule has 8 nitrogen and oxygen atoms in total. The van der Waals surface area contributed by atoms with Crippen LogP contribution in [0.4, 0.5) is 0 Å². The smallest absolute Gasteiger partial charge is 0.347 e. The van der Waals surface area contributed by atoms with E-state index < -0.39 is 5.97 Å². The first-order valence-electron chi connectivity index (χ1n) is 9.29. The van der Waals surface area contributed by atoms with Crippen LogP contribution in [0.5, 0.6) is 0 Å². The lowest BCUT2D eigenvalue weighted by atomic mass is 9.85. The number of hydrogen-bond donors (Lipinski definition) is 1. The predicted molar refractivity (Wildman–Crippen MR) is 94.4 cm³/mol. The first kappa shape index (κ1) is 18.4. The molecule has 26 heavy (non-hydrogen) atoms. The third kappa shape index (κ3) is 3.89. The molecule has 3 atom stereocenters. The van der Waals surface area contributed by atoms with E-state index in [4.69, 9.17) is 9.57 Å². The molecule has 2 aliphatic rings. The van der Waals surface area contributed by atoms with E-state index in [1.54, 1.807) is 19.2 Å². The quantitative estimate of drug-likeness (QED) is 0.473. The predicted octanol–water partition coefficient (Wildman–Crippen LogP) is 1.87. The van der Waals surface area contributed by atoms with Gasteiger partial charge in [-0.25, -0.2) is 4.79 Å². The number of esters is 1. The van der Waals surface area contributed by atoms with Crippen LogP contribution in [-0.2, 0) is 19.2 Å². The number of nitrogens with one attached hydrogen (secondary N) is 1. The van der Waals surface area contributed by atoms with E-state index in [1.807, 2.05) is 4.90 Å². The van der Waals surface area contributed by atoms with Gasteiger partial charge >= 0.3 is 5.97 Å². The van der Waals surface area contributed by atoms with Crippen LogP contribution >= 0.6 is 0 Å². The van der Waals surface area contributed by atoms with Gasteiger partial charge in [-0.3, -0.25) is 9.89 Å². The van der Waals surface area contributed by atoms with Gasteiger partial charge in [0.1, 0.15) is 0 Å². The van der Waals surface area contributed by atoms with Crippen LogP contribution in [0.2, 0.25) is 0 Å². The lowest BCUT2D eigenvalue weighted by Crippen LogP contribution is -2.46. The highest BCUT2D eigenvalue weighted by Gasteiger charge is 2.44. The minimum Gasteiger partial charge on any atom is -0.463 e. The maximum absolute atomic E-state index is 13.3. The maximum atomic E-state index is 13.3. The minimum absolute atomic E-state index is 0.143. The Kier molecular flexibility index (Phi) is 5.90. The molecule has 142 valence electrons. The van der Waals surface area contributed by atoms with Crippen LogP contribution in [0.25, 0.3) is 0 Å². The normalized spacial score (nSPS) is 25.7. The molecule has 2 heterocycles. The Bertz CT molecular complexity index is 658. The molecule has 1 aromatic heterocycles.